The minimum atomic E-state index is -4.15. The molecule has 4 aromatic rings. The van der Waals surface area contributed by atoms with Crippen LogP contribution in [0.4, 0.5) is 5.69 Å². The number of imide groups is 1. The number of anilines is 1. The van der Waals surface area contributed by atoms with Crippen molar-refractivity contribution in [2.75, 3.05) is 4.90 Å². The van der Waals surface area contributed by atoms with E-state index in [1.54, 1.807) is 48.5 Å². The van der Waals surface area contributed by atoms with Crippen molar-refractivity contribution in [1.29, 1.82) is 0 Å². The summed E-state index contributed by atoms with van der Waals surface area (Å²) < 4.78 is 34.1. The van der Waals surface area contributed by atoms with E-state index in [1.807, 2.05) is 31.2 Å². The Hall–Kier alpha value is -3.75. The first-order valence-corrected chi connectivity index (χ1v) is 12.2. The average molecular weight is 475 g/mol. The Labute approximate surface area is 197 Å². The van der Waals surface area contributed by atoms with Gasteiger partial charge in [0, 0.05) is 0 Å². The van der Waals surface area contributed by atoms with Crippen LogP contribution in [0.3, 0.4) is 0 Å². The van der Waals surface area contributed by atoms with Crippen molar-refractivity contribution >= 4 is 38.3 Å². The lowest BCUT2D eigenvalue weighted by Crippen LogP contribution is -2.45. The van der Waals surface area contributed by atoms with Crippen LogP contribution >= 0.6 is 0 Å². The summed E-state index contributed by atoms with van der Waals surface area (Å²) in [4.78, 5) is 27.4. The number of hydrogen-bond acceptors (Lipinski definition) is 5. The van der Waals surface area contributed by atoms with E-state index < -0.39 is 27.9 Å². The van der Waals surface area contributed by atoms with Gasteiger partial charge in [0.25, 0.3) is 5.91 Å². The molecule has 1 atom stereocenters. The molecule has 1 fully saturated rings. The first-order chi connectivity index (χ1) is 16.3. The molecule has 7 nitrogen and oxygen atoms in total. The van der Waals surface area contributed by atoms with Gasteiger partial charge in [-0.2, -0.15) is 4.31 Å². The van der Waals surface area contributed by atoms with E-state index in [1.165, 1.54) is 12.3 Å². The normalized spacial score (nSPS) is 16.6. The fourth-order valence-corrected chi connectivity index (χ4v) is 5.77. The second-order valence-electron chi connectivity index (χ2n) is 8.26. The van der Waals surface area contributed by atoms with Gasteiger partial charge in [0.2, 0.25) is 15.9 Å². The number of fused-ring (bicyclic) bond motifs is 1. The van der Waals surface area contributed by atoms with E-state index in [0.29, 0.717) is 11.4 Å². The second-order valence-corrected chi connectivity index (χ2v) is 10.2. The fourth-order valence-electron chi connectivity index (χ4n) is 4.19. The van der Waals surface area contributed by atoms with E-state index in [0.717, 1.165) is 25.5 Å². The summed E-state index contributed by atoms with van der Waals surface area (Å²) in [5, 5.41) is 1.66. The Morgan fingerprint density at radius 2 is 1.68 bits per heavy atom. The molecular weight excluding hydrogens is 452 g/mol. The van der Waals surface area contributed by atoms with Crippen LogP contribution in [0.15, 0.2) is 94.4 Å². The van der Waals surface area contributed by atoms with Crippen molar-refractivity contribution < 1.29 is 22.4 Å². The fraction of sp³-hybridized carbons (Fsp3) is 0.154. The zero-order chi connectivity index (χ0) is 23.9. The highest BCUT2D eigenvalue weighted by Gasteiger charge is 2.47. The zero-order valence-corrected chi connectivity index (χ0v) is 19.2. The van der Waals surface area contributed by atoms with Gasteiger partial charge in [0.15, 0.2) is 0 Å². The minimum Gasteiger partial charge on any atom is -0.468 e. The van der Waals surface area contributed by atoms with Gasteiger partial charge in [0.1, 0.15) is 11.8 Å². The minimum absolute atomic E-state index is 0.0480. The Kier molecular flexibility index (Phi) is 5.55. The lowest BCUT2D eigenvalue weighted by molar-refractivity contribution is -0.122. The number of hydrogen-bond donors (Lipinski definition) is 0. The number of furan rings is 1. The SMILES string of the molecule is Cc1ccc(N2C(=O)CC(N(Cc3ccco3)S(=O)(=O)c3ccc4ccccc4c3)C2=O)cc1. The summed E-state index contributed by atoms with van der Waals surface area (Å²) >= 11 is 0. The molecule has 8 heteroatoms. The number of aryl methyl sites for hydroxylation is 1. The maximum absolute atomic E-state index is 13.8. The number of carbonyl (C=O) groups excluding carboxylic acids is 2. The van der Waals surface area contributed by atoms with Crippen molar-refractivity contribution in [3.8, 4) is 0 Å². The van der Waals surface area contributed by atoms with Crippen LogP contribution in [-0.2, 0) is 26.2 Å². The first kappa shape index (κ1) is 22.1. The molecular formula is C26H22N2O5S. The van der Waals surface area contributed by atoms with E-state index in [-0.39, 0.29) is 17.9 Å². The predicted octanol–water partition coefficient (Wildman–Crippen LogP) is 4.26. The third-order valence-corrected chi connectivity index (χ3v) is 7.83. The highest BCUT2D eigenvalue weighted by molar-refractivity contribution is 7.89. The predicted molar refractivity (Wildman–Crippen MR) is 127 cm³/mol. The third-order valence-electron chi connectivity index (χ3n) is 5.98. The quantitative estimate of drug-likeness (QED) is 0.390. The molecule has 34 heavy (non-hydrogen) atoms. The molecule has 2 heterocycles. The van der Waals surface area contributed by atoms with Crippen molar-refractivity contribution in [2.24, 2.45) is 0 Å². The van der Waals surface area contributed by atoms with E-state index >= 15 is 0 Å². The summed E-state index contributed by atoms with van der Waals surface area (Å²) in [6, 6.07) is 21.3. The number of sulfonamides is 1. The standard InChI is InChI=1S/C26H22N2O5S/c1-18-8-11-21(12-9-18)28-25(29)16-24(26(28)30)27(17-22-7-4-14-33-22)34(31,32)23-13-10-19-5-2-3-6-20(19)15-23/h2-15,24H,16-17H2,1H3. The molecule has 3 aromatic carbocycles. The van der Waals surface area contributed by atoms with Crippen LogP contribution in [0.5, 0.6) is 0 Å². The Morgan fingerprint density at radius 1 is 0.941 bits per heavy atom. The topological polar surface area (TPSA) is 87.9 Å². The Balaban J connectivity index is 1.56. The molecule has 2 amide bonds. The monoisotopic (exact) mass is 474 g/mol. The summed E-state index contributed by atoms with van der Waals surface area (Å²) in [5.41, 5.74) is 1.40. The molecule has 0 bridgehead atoms. The van der Waals surface area contributed by atoms with Gasteiger partial charge in [0.05, 0.1) is 29.8 Å². The molecule has 0 saturated carbocycles. The van der Waals surface area contributed by atoms with Crippen LogP contribution < -0.4 is 4.90 Å². The maximum Gasteiger partial charge on any atom is 0.252 e. The lowest BCUT2D eigenvalue weighted by Gasteiger charge is -2.26. The van der Waals surface area contributed by atoms with Gasteiger partial charge < -0.3 is 4.42 Å². The lowest BCUT2D eigenvalue weighted by atomic mass is 10.1. The van der Waals surface area contributed by atoms with Gasteiger partial charge in [-0.1, -0.05) is 48.0 Å². The molecule has 0 spiro atoms. The van der Waals surface area contributed by atoms with Gasteiger partial charge >= 0.3 is 0 Å². The van der Waals surface area contributed by atoms with Crippen molar-refractivity contribution in [2.45, 2.75) is 30.8 Å². The molecule has 0 aliphatic carbocycles. The number of amides is 2. The Morgan fingerprint density at radius 3 is 2.38 bits per heavy atom. The van der Waals surface area contributed by atoms with Crippen molar-refractivity contribution in [3.63, 3.8) is 0 Å². The highest BCUT2D eigenvalue weighted by atomic mass is 32.2. The van der Waals surface area contributed by atoms with Gasteiger partial charge in [-0.3, -0.25) is 9.59 Å². The van der Waals surface area contributed by atoms with Crippen LogP contribution in [0, 0.1) is 6.92 Å². The van der Waals surface area contributed by atoms with Gasteiger partial charge in [-0.05, 0) is 54.1 Å². The summed E-state index contributed by atoms with van der Waals surface area (Å²) in [6.07, 6.45) is 1.19. The number of benzene rings is 3. The third kappa shape index (κ3) is 3.91. The zero-order valence-electron chi connectivity index (χ0n) is 18.4. The molecule has 0 radical (unpaired) electrons. The molecule has 172 valence electrons. The van der Waals surface area contributed by atoms with Crippen molar-refractivity contribution in [3.05, 3.63) is 96.4 Å². The van der Waals surface area contributed by atoms with Crippen LogP contribution in [0.25, 0.3) is 10.8 Å². The molecule has 5 rings (SSSR count). The molecule has 1 unspecified atom stereocenters. The van der Waals surface area contributed by atoms with Crippen LogP contribution in [-0.4, -0.2) is 30.6 Å². The largest absolute Gasteiger partial charge is 0.468 e. The summed E-state index contributed by atoms with van der Waals surface area (Å²) in [5.74, 6) is -0.653. The molecule has 1 aliphatic rings. The number of carbonyl (C=O) groups is 2. The number of nitrogens with zero attached hydrogens (tertiary/aromatic N) is 2. The number of rotatable bonds is 6. The van der Waals surface area contributed by atoms with Crippen LogP contribution in [0.1, 0.15) is 17.7 Å². The average Bonchev–Trinajstić information content (AvgIpc) is 3.45. The first-order valence-electron chi connectivity index (χ1n) is 10.8. The van der Waals surface area contributed by atoms with E-state index in [9.17, 15) is 18.0 Å². The highest BCUT2D eigenvalue weighted by Crippen LogP contribution is 2.31. The molecule has 1 aliphatic heterocycles. The van der Waals surface area contributed by atoms with Gasteiger partial charge in [-0.15, -0.1) is 0 Å². The summed E-state index contributed by atoms with van der Waals surface area (Å²) in [6.45, 7) is 1.73. The second kappa shape index (κ2) is 8.55. The molecule has 0 N–H and O–H groups in total. The van der Waals surface area contributed by atoms with Crippen LogP contribution in [0.2, 0.25) is 0 Å². The molecule has 1 saturated heterocycles. The summed E-state index contributed by atoms with van der Waals surface area (Å²) in [7, 11) is -4.15. The Bertz CT molecular complexity index is 1480. The molecule has 1 aromatic heterocycles. The van der Waals surface area contributed by atoms with E-state index in [4.69, 9.17) is 4.42 Å². The van der Waals surface area contributed by atoms with E-state index in [2.05, 4.69) is 0 Å². The smallest absolute Gasteiger partial charge is 0.252 e. The van der Waals surface area contributed by atoms with Crippen molar-refractivity contribution in [1.82, 2.24) is 4.31 Å². The van der Waals surface area contributed by atoms with Gasteiger partial charge in [-0.25, -0.2) is 13.3 Å². The maximum atomic E-state index is 13.8.